The van der Waals surface area contributed by atoms with Gasteiger partial charge in [-0.3, -0.25) is 9.59 Å². The summed E-state index contributed by atoms with van der Waals surface area (Å²) in [4.78, 5) is 29.5. The molecule has 0 aromatic heterocycles. The van der Waals surface area contributed by atoms with E-state index in [4.69, 9.17) is 4.74 Å². The van der Waals surface area contributed by atoms with Gasteiger partial charge in [-0.05, 0) is 48.6 Å². The number of methoxy groups -OCH3 is 1. The number of nitrogens with zero attached hydrogens (tertiary/aromatic N) is 1. The molecule has 5 heteroatoms. The maximum Gasteiger partial charge on any atom is 0.243 e. The maximum absolute atomic E-state index is 13.9. The smallest absolute Gasteiger partial charge is 0.243 e. The number of amides is 2. The van der Waals surface area contributed by atoms with Gasteiger partial charge in [0.05, 0.1) is 13.5 Å². The summed E-state index contributed by atoms with van der Waals surface area (Å²) in [6.45, 7) is 2.36. The Kier molecular flexibility index (Phi) is 9.36. The number of carbonyl (C=O) groups excluding carboxylic acids is 2. The van der Waals surface area contributed by atoms with E-state index in [9.17, 15) is 9.59 Å². The number of carbonyl (C=O) groups is 2. The monoisotopic (exact) mass is 498 g/mol. The third-order valence-electron chi connectivity index (χ3n) is 7.19. The predicted molar refractivity (Wildman–Crippen MR) is 147 cm³/mol. The second kappa shape index (κ2) is 13.1. The third kappa shape index (κ3) is 7.69. The van der Waals surface area contributed by atoms with E-state index in [1.165, 1.54) is 6.42 Å². The van der Waals surface area contributed by atoms with Crippen molar-refractivity contribution in [2.24, 2.45) is 0 Å². The molecule has 0 aliphatic heterocycles. The van der Waals surface area contributed by atoms with Crippen molar-refractivity contribution < 1.29 is 14.3 Å². The zero-order valence-electron chi connectivity index (χ0n) is 22.0. The Bertz CT molecular complexity index is 1150. The van der Waals surface area contributed by atoms with Crippen LogP contribution in [0.5, 0.6) is 5.75 Å². The number of hydrogen-bond donors (Lipinski definition) is 1. The summed E-state index contributed by atoms with van der Waals surface area (Å²) in [5, 5.41) is 3.30. The average Bonchev–Trinajstić information content (AvgIpc) is 2.93. The van der Waals surface area contributed by atoms with Crippen molar-refractivity contribution in [1.29, 1.82) is 0 Å². The lowest BCUT2D eigenvalue weighted by molar-refractivity contribution is -0.141. The Balaban J connectivity index is 1.65. The molecule has 0 spiro atoms. The van der Waals surface area contributed by atoms with Gasteiger partial charge in [-0.2, -0.15) is 0 Å². The minimum Gasteiger partial charge on any atom is -0.497 e. The van der Waals surface area contributed by atoms with E-state index < -0.39 is 6.04 Å². The first-order chi connectivity index (χ1) is 18.0. The normalized spacial score (nSPS) is 14.5. The summed E-state index contributed by atoms with van der Waals surface area (Å²) in [6.07, 6.45) is 6.18. The van der Waals surface area contributed by atoms with Crippen LogP contribution < -0.4 is 10.1 Å². The summed E-state index contributed by atoms with van der Waals surface area (Å²) in [5.74, 6) is 0.594. The number of nitrogens with one attached hydrogen (secondary N) is 1. The van der Waals surface area contributed by atoms with Gasteiger partial charge >= 0.3 is 0 Å². The molecule has 1 fully saturated rings. The van der Waals surface area contributed by atoms with Gasteiger partial charge in [-0.15, -0.1) is 0 Å². The van der Waals surface area contributed by atoms with Crippen molar-refractivity contribution in [3.05, 3.63) is 101 Å². The zero-order valence-corrected chi connectivity index (χ0v) is 22.0. The van der Waals surface area contributed by atoms with E-state index in [0.717, 1.165) is 53.7 Å². The highest BCUT2D eigenvalue weighted by atomic mass is 16.5. The molecule has 37 heavy (non-hydrogen) atoms. The first-order valence-corrected chi connectivity index (χ1v) is 13.3. The highest BCUT2D eigenvalue weighted by molar-refractivity contribution is 5.89. The number of benzene rings is 3. The number of hydrogen-bond acceptors (Lipinski definition) is 3. The van der Waals surface area contributed by atoms with Crippen LogP contribution in [0, 0.1) is 6.92 Å². The number of aryl methyl sites for hydroxylation is 1. The molecule has 1 aliphatic rings. The van der Waals surface area contributed by atoms with Gasteiger partial charge in [0.15, 0.2) is 0 Å². The molecule has 0 radical (unpaired) electrons. The molecule has 5 nitrogen and oxygen atoms in total. The van der Waals surface area contributed by atoms with Crippen LogP contribution in [0.25, 0.3) is 0 Å². The summed E-state index contributed by atoms with van der Waals surface area (Å²) in [5.41, 5.74) is 4.06. The number of ether oxygens (including phenoxy) is 1. The first-order valence-electron chi connectivity index (χ1n) is 13.3. The van der Waals surface area contributed by atoms with Crippen LogP contribution in [-0.2, 0) is 29.0 Å². The van der Waals surface area contributed by atoms with Crippen molar-refractivity contribution in [2.75, 3.05) is 7.11 Å². The Labute approximate surface area is 220 Å². The van der Waals surface area contributed by atoms with Crippen LogP contribution in [0.4, 0.5) is 0 Å². The van der Waals surface area contributed by atoms with E-state index in [1.807, 2.05) is 85.8 Å². The van der Waals surface area contributed by atoms with E-state index in [1.54, 1.807) is 12.0 Å². The molecular weight excluding hydrogens is 460 g/mol. The fourth-order valence-corrected chi connectivity index (χ4v) is 5.05. The summed E-state index contributed by atoms with van der Waals surface area (Å²) in [6, 6.07) is 25.3. The van der Waals surface area contributed by atoms with Crippen molar-refractivity contribution in [3.63, 3.8) is 0 Å². The summed E-state index contributed by atoms with van der Waals surface area (Å²) in [7, 11) is 1.63. The lowest BCUT2D eigenvalue weighted by Gasteiger charge is -2.33. The minimum absolute atomic E-state index is 0.0635. The predicted octanol–water partition coefficient (Wildman–Crippen LogP) is 5.64. The molecule has 1 atom stereocenters. The van der Waals surface area contributed by atoms with Crippen LogP contribution in [0.15, 0.2) is 78.9 Å². The highest BCUT2D eigenvalue weighted by Gasteiger charge is 2.32. The molecule has 2 amide bonds. The van der Waals surface area contributed by atoms with Crippen molar-refractivity contribution in [1.82, 2.24) is 10.2 Å². The molecule has 1 saturated carbocycles. The topological polar surface area (TPSA) is 58.6 Å². The van der Waals surface area contributed by atoms with E-state index in [0.29, 0.717) is 13.0 Å². The van der Waals surface area contributed by atoms with Gasteiger partial charge in [0.2, 0.25) is 11.8 Å². The van der Waals surface area contributed by atoms with Crippen LogP contribution in [0.1, 0.15) is 54.4 Å². The van der Waals surface area contributed by atoms with Gasteiger partial charge in [-0.25, -0.2) is 0 Å². The maximum atomic E-state index is 13.9. The van der Waals surface area contributed by atoms with Gasteiger partial charge in [0.1, 0.15) is 11.8 Å². The first kappa shape index (κ1) is 26.5. The van der Waals surface area contributed by atoms with E-state index in [2.05, 4.69) is 5.32 Å². The Morgan fingerprint density at radius 3 is 2.30 bits per heavy atom. The standard InChI is InChI=1S/C32H38N2O3/c1-24-16-18-26(19-17-24)22-31(35)34(23-27-12-9-15-29(20-27)37-2)30(21-25-10-5-3-6-11-25)32(36)33-28-13-7-4-8-14-28/h3,5-6,9-12,15-20,28,30H,4,7-8,13-14,21-23H2,1-2H3,(H,33,36)/t30-/m0/s1. The second-order valence-corrected chi connectivity index (χ2v) is 10.1. The van der Waals surface area contributed by atoms with Gasteiger partial charge in [-0.1, -0.05) is 91.6 Å². The molecule has 0 heterocycles. The molecular formula is C32H38N2O3. The molecule has 0 bridgehead atoms. The van der Waals surface area contributed by atoms with Crippen LogP contribution in [-0.4, -0.2) is 35.9 Å². The van der Waals surface area contributed by atoms with Crippen LogP contribution in [0.2, 0.25) is 0 Å². The number of rotatable bonds is 10. The zero-order chi connectivity index (χ0) is 26.0. The Morgan fingerprint density at radius 1 is 0.892 bits per heavy atom. The van der Waals surface area contributed by atoms with Crippen molar-refractivity contribution in [2.45, 2.75) is 70.5 Å². The molecule has 0 saturated heterocycles. The molecule has 3 aromatic carbocycles. The third-order valence-corrected chi connectivity index (χ3v) is 7.19. The SMILES string of the molecule is COc1cccc(CN(C(=O)Cc2ccc(C)cc2)[C@@H](Cc2ccccc2)C(=O)NC2CCCCC2)c1. The molecule has 1 N–H and O–H groups in total. The summed E-state index contributed by atoms with van der Waals surface area (Å²) >= 11 is 0. The van der Waals surface area contributed by atoms with Gasteiger partial charge in [0.25, 0.3) is 0 Å². The Morgan fingerprint density at radius 2 is 1.59 bits per heavy atom. The fourth-order valence-electron chi connectivity index (χ4n) is 5.05. The second-order valence-electron chi connectivity index (χ2n) is 10.1. The fraction of sp³-hybridized carbons (Fsp3) is 0.375. The molecule has 3 aromatic rings. The van der Waals surface area contributed by atoms with Gasteiger partial charge < -0.3 is 15.0 Å². The van der Waals surface area contributed by atoms with Crippen LogP contribution >= 0.6 is 0 Å². The minimum atomic E-state index is -0.617. The van der Waals surface area contributed by atoms with E-state index >= 15 is 0 Å². The average molecular weight is 499 g/mol. The van der Waals surface area contributed by atoms with Gasteiger partial charge in [0, 0.05) is 19.0 Å². The molecule has 1 aliphatic carbocycles. The molecule has 0 unspecified atom stereocenters. The molecule has 194 valence electrons. The highest BCUT2D eigenvalue weighted by Crippen LogP contribution is 2.22. The molecule has 4 rings (SSSR count). The Hall–Kier alpha value is -3.60. The van der Waals surface area contributed by atoms with Crippen molar-refractivity contribution >= 4 is 11.8 Å². The van der Waals surface area contributed by atoms with Crippen LogP contribution in [0.3, 0.4) is 0 Å². The van der Waals surface area contributed by atoms with E-state index in [-0.39, 0.29) is 24.3 Å². The van der Waals surface area contributed by atoms with Crippen molar-refractivity contribution in [3.8, 4) is 5.75 Å². The largest absolute Gasteiger partial charge is 0.497 e. The lowest BCUT2D eigenvalue weighted by atomic mass is 9.94. The summed E-state index contributed by atoms with van der Waals surface area (Å²) < 4.78 is 5.43. The quantitative estimate of drug-likeness (QED) is 0.394. The lowest BCUT2D eigenvalue weighted by Crippen LogP contribution is -2.53.